The molecule has 0 bridgehead atoms. The first-order valence-electron chi connectivity index (χ1n) is 11.2. The molecule has 4 aromatic rings. The largest absolute Gasteiger partial charge is 0.348 e. The summed E-state index contributed by atoms with van der Waals surface area (Å²) in [6.45, 7) is 4.68. The highest BCUT2D eigenvalue weighted by atomic mass is 32.1. The lowest BCUT2D eigenvalue weighted by Gasteiger charge is -2.33. The van der Waals surface area contributed by atoms with Crippen LogP contribution in [0.5, 0.6) is 0 Å². The van der Waals surface area contributed by atoms with E-state index in [4.69, 9.17) is 0 Å². The van der Waals surface area contributed by atoms with Gasteiger partial charge in [0.05, 0.1) is 28.0 Å². The molecule has 0 aliphatic carbocycles. The number of amides is 1. The Morgan fingerprint density at radius 2 is 2.06 bits per heavy atom. The fourth-order valence-electron chi connectivity index (χ4n) is 4.27. The monoisotopic (exact) mass is 458 g/mol. The Bertz CT molecular complexity index is 1220. The van der Waals surface area contributed by atoms with Crippen molar-refractivity contribution < 1.29 is 4.79 Å². The number of carbonyl (C=O) groups excluding carboxylic acids is 1. The Labute approximate surface area is 197 Å². The molecule has 1 aliphatic rings. The second kappa shape index (κ2) is 9.64. The minimum absolute atomic E-state index is 0.0975. The van der Waals surface area contributed by atoms with Gasteiger partial charge in [-0.1, -0.05) is 36.4 Å². The summed E-state index contributed by atoms with van der Waals surface area (Å²) in [6, 6.07) is 16.5. The number of hydrogen-bond donors (Lipinski definition) is 1. The van der Waals surface area contributed by atoms with Crippen LogP contribution in [0.1, 0.15) is 34.5 Å². The molecule has 1 saturated heterocycles. The van der Waals surface area contributed by atoms with Crippen LogP contribution in [0.25, 0.3) is 16.5 Å². The number of aromatic nitrogens is 4. The van der Waals surface area contributed by atoms with Crippen LogP contribution in [0, 0.1) is 6.92 Å². The van der Waals surface area contributed by atoms with Gasteiger partial charge in [0.2, 0.25) is 0 Å². The number of likely N-dealkylation sites (tertiary alicyclic amines) is 1. The van der Waals surface area contributed by atoms with E-state index in [2.05, 4.69) is 49.5 Å². The van der Waals surface area contributed by atoms with Gasteiger partial charge < -0.3 is 5.32 Å². The third-order valence-corrected chi connectivity index (χ3v) is 6.84. The molecule has 1 aromatic carbocycles. The van der Waals surface area contributed by atoms with Gasteiger partial charge in [-0.2, -0.15) is 5.10 Å². The van der Waals surface area contributed by atoms with Crippen LogP contribution in [0.4, 0.5) is 0 Å². The highest BCUT2D eigenvalue weighted by Crippen LogP contribution is 2.23. The van der Waals surface area contributed by atoms with Crippen LogP contribution in [-0.4, -0.2) is 49.7 Å². The lowest BCUT2D eigenvalue weighted by atomic mass is 10.0. The van der Waals surface area contributed by atoms with Gasteiger partial charge in [-0.15, -0.1) is 11.3 Å². The average molecular weight is 459 g/mol. The lowest BCUT2D eigenvalue weighted by molar-refractivity contribution is 0.0900. The fraction of sp³-hybridized carbons (Fsp3) is 0.280. The SMILES string of the molecule is Cc1c(C(=O)N[C@@H]2CCCN(Cc3ccccc3)C2)cnn1-c1nccc(-c2cccs2)n1. The second-order valence-electron chi connectivity index (χ2n) is 8.31. The molecule has 168 valence electrons. The predicted octanol–water partition coefficient (Wildman–Crippen LogP) is 4.09. The van der Waals surface area contributed by atoms with Gasteiger partial charge in [-0.3, -0.25) is 9.69 Å². The maximum Gasteiger partial charge on any atom is 0.255 e. The van der Waals surface area contributed by atoms with Crippen LogP contribution < -0.4 is 5.32 Å². The number of nitrogens with zero attached hydrogens (tertiary/aromatic N) is 5. The number of piperidine rings is 1. The van der Waals surface area contributed by atoms with Crippen molar-refractivity contribution >= 4 is 17.2 Å². The first-order chi connectivity index (χ1) is 16.2. The topological polar surface area (TPSA) is 75.9 Å². The maximum absolute atomic E-state index is 13.1. The molecule has 1 aliphatic heterocycles. The zero-order chi connectivity index (χ0) is 22.6. The smallest absolute Gasteiger partial charge is 0.255 e. The Hall–Kier alpha value is -3.36. The van der Waals surface area contributed by atoms with Crippen molar-refractivity contribution in [1.82, 2.24) is 30.0 Å². The molecule has 1 amide bonds. The third-order valence-electron chi connectivity index (χ3n) is 5.95. The molecule has 7 nitrogen and oxygen atoms in total. The molecule has 0 unspecified atom stereocenters. The number of carbonyl (C=O) groups is 1. The molecule has 33 heavy (non-hydrogen) atoms. The first kappa shape index (κ1) is 21.5. The quantitative estimate of drug-likeness (QED) is 0.471. The minimum Gasteiger partial charge on any atom is -0.348 e. The maximum atomic E-state index is 13.1. The Balaban J connectivity index is 1.27. The molecule has 1 fully saturated rings. The van der Waals surface area contributed by atoms with Crippen LogP contribution in [0.3, 0.4) is 0 Å². The fourth-order valence-corrected chi connectivity index (χ4v) is 4.96. The summed E-state index contributed by atoms with van der Waals surface area (Å²) in [5.74, 6) is 0.365. The molecule has 3 aromatic heterocycles. The summed E-state index contributed by atoms with van der Waals surface area (Å²) in [7, 11) is 0. The van der Waals surface area contributed by atoms with Gasteiger partial charge in [0.25, 0.3) is 11.9 Å². The lowest BCUT2D eigenvalue weighted by Crippen LogP contribution is -2.47. The van der Waals surface area contributed by atoms with E-state index in [0.717, 1.165) is 48.7 Å². The molecule has 0 saturated carbocycles. The number of benzene rings is 1. The highest BCUT2D eigenvalue weighted by molar-refractivity contribution is 7.13. The highest BCUT2D eigenvalue weighted by Gasteiger charge is 2.24. The summed E-state index contributed by atoms with van der Waals surface area (Å²) in [5, 5.41) is 9.65. The zero-order valence-corrected chi connectivity index (χ0v) is 19.3. The minimum atomic E-state index is -0.0975. The summed E-state index contributed by atoms with van der Waals surface area (Å²) >= 11 is 1.63. The van der Waals surface area contributed by atoms with Crippen LogP contribution in [-0.2, 0) is 6.54 Å². The van der Waals surface area contributed by atoms with E-state index >= 15 is 0 Å². The van der Waals surface area contributed by atoms with E-state index in [-0.39, 0.29) is 11.9 Å². The summed E-state index contributed by atoms with van der Waals surface area (Å²) in [4.78, 5) is 25.6. The van der Waals surface area contributed by atoms with Crippen molar-refractivity contribution in [3.8, 4) is 16.5 Å². The zero-order valence-electron chi connectivity index (χ0n) is 18.5. The van der Waals surface area contributed by atoms with E-state index in [1.54, 1.807) is 28.4 Å². The van der Waals surface area contributed by atoms with Crippen molar-refractivity contribution in [3.05, 3.63) is 83.1 Å². The van der Waals surface area contributed by atoms with Gasteiger partial charge in [0.15, 0.2) is 0 Å². The molecule has 0 radical (unpaired) electrons. The van der Waals surface area contributed by atoms with Crippen molar-refractivity contribution in [2.24, 2.45) is 0 Å². The summed E-state index contributed by atoms with van der Waals surface area (Å²) < 4.78 is 1.63. The van der Waals surface area contributed by atoms with Gasteiger partial charge in [0.1, 0.15) is 0 Å². The number of thiophene rings is 1. The van der Waals surface area contributed by atoms with E-state index in [1.807, 2.05) is 36.6 Å². The van der Waals surface area contributed by atoms with E-state index < -0.39 is 0 Å². The summed E-state index contributed by atoms with van der Waals surface area (Å²) in [6.07, 6.45) is 5.38. The van der Waals surface area contributed by atoms with Gasteiger partial charge in [0, 0.05) is 25.3 Å². The van der Waals surface area contributed by atoms with Crippen molar-refractivity contribution in [1.29, 1.82) is 0 Å². The Morgan fingerprint density at radius 1 is 1.18 bits per heavy atom. The van der Waals surface area contributed by atoms with Crippen molar-refractivity contribution in [3.63, 3.8) is 0 Å². The van der Waals surface area contributed by atoms with Gasteiger partial charge in [-0.25, -0.2) is 14.6 Å². The normalized spacial score (nSPS) is 16.6. The molecule has 4 heterocycles. The molecule has 5 rings (SSSR count). The molecule has 8 heteroatoms. The van der Waals surface area contributed by atoms with Crippen LogP contribution >= 0.6 is 11.3 Å². The van der Waals surface area contributed by atoms with Crippen molar-refractivity contribution in [2.75, 3.05) is 13.1 Å². The first-order valence-corrected chi connectivity index (χ1v) is 12.0. The number of rotatable bonds is 6. The van der Waals surface area contributed by atoms with E-state index in [0.29, 0.717) is 11.5 Å². The Morgan fingerprint density at radius 3 is 2.88 bits per heavy atom. The molecule has 1 atom stereocenters. The standard InChI is InChI=1S/C25H26N6OS/c1-18-21(15-27-31(18)25-26-12-11-22(29-25)23-10-6-14-33-23)24(32)28-20-9-5-13-30(17-20)16-19-7-3-2-4-8-19/h2-4,6-8,10-12,14-15,20H,5,9,13,16-17H2,1H3,(H,28,32)/t20-/m1/s1. The van der Waals surface area contributed by atoms with Crippen LogP contribution in [0.15, 0.2) is 66.3 Å². The molecular formula is C25H26N6OS. The number of nitrogens with one attached hydrogen (secondary N) is 1. The Kier molecular flexibility index (Phi) is 6.28. The van der Waals surface area contributed by atoms with Crippen molar-refractivity contribution in [2.45, 2.75) is 32.4 Å². The van der Waals surface area contributed by atoms with Gasteiger partial charge in [-0.05, 0) is 49.4 Å². The van der Waals surface area contributed by atoms with Crippen LogP contribution in [0.2, 0.25) is 0 Å². The van der Waals surface area contributed by atoms with E-state index in [1.165, 1.54) is 5.56 Å². The second-order valence-corrected chi connectivity index (χ2v) is 9.26. The third kappa shape index (κ3) is 4.86. The van der Waals surface area contributed by atoms with Gasteiger partial charge >= 0.3 is 0 Å². The summed E-state index contributed by atoms with van der Waals surface area (Å²) in [5.41, 5.74) is 3.43. The predicted molar refractivity (Wildman–Crippen MR) is 129 cm³/mol. The molecule has 0 spiro atoms. The molecule has 1 N–H and O–H groups in total. The average Bonchev–Trinajstić information content (AvgIpc) is 3.50. The van der Waals surface area contributed by atoms with E-state index in [9.17, 15) is 4.79 Å². The number of hydrogen-bond acceptors (Lipinski definition) is 6. The molecular weight excluding hydrogens is 432 g/mol.